The van der Waals surface area contributed by atoms with Crippen molar-refractivity contribution in [3.05, 3.63) is 18.3 Å². The van der Waals surface area contributed by atoms with Crippen LogP contribution in [0.4, 0.5) is 0 Å². The second-order valence-corrected chi connectivity index (χ2v) is 4.02. The molecule has 2 N–H and O–H groups in total. The van der Waals surface area contributed by atoms with E-state index in [1.54, 1.807) is 6.07 Å². The Balaban J connectivity index is 1.95. The molecule has 2 aromatic heterocycles. The largest absolute Gasteiger partial charge is 0.481 e. The first-order valence-electron chi connectivity index (χ1n) is 5.21. The van der Waals surface area contributed by atoms with Crippen LogP contribution in [0, 0.1) is 0 Å². The van der Waals surface area contributed by atoms with E-state index >= 15 is 0 Å². The van der Waals surface area contributed by atoms with Crippen LogP contribution in [0.2, 0.25) is 0 Å². The highest BCUT2D eigenvalue weighted by Crippen LogP contribution is 2.42. The van der Waals surface area contributed by atoms with E-state index < -0.39 is 5.54 Å². The Hall–Kier alpha value is -2.02. The molecular formula is C10H11N5O2. The third-order valence-electron chi connectivity index (χ3n) is 2.72. The van der Waals surface area contributed by atoms with Gasteiger partial charge in [-0.15, -0.1) is 0 Å². The van der Waals surface area contributed by atoms with Gasteiger partial charge in [-0.3, -0.25) is 0 Å². The molecule has 0 bridgehead atoms. The highest BCUT2D eigenvalue weighted by Gasteiger charge is 2.45. The van der Waals surface area contributed by atoms with Crippen LogP contribution in [0.1, 0.15) is 18.7 Å². The van der Waals surface area contributed by atoms with Crippen molar-refractivity contribution in [3.63, 3.8) is 0 Å². The molecule has 1 aliphatic rings. The van der Waals surface area contributed by atoms with Gasteiger partial charge in [0.05, 0.1) is 12.6 Å². The van der Waals surface area contributed by atoms with E-state index in [0.717, 1.165) is 12.8 Å². The number of nitrogens with two attached hydrogens (primary N) is 1. The molecule has 0 amide bonds. The minimum absolute atomic E-state index is 0.400. The van der Waals surface area contributed by atoms with Crippen molar-refractivity contribution in [1.82, 2.24) is 20.1 Å². The second-order valence-electron chi connectivity index (χ2n) is 4.02. The quantitative estimate of drug-likeness (QED) is 0.822. The maximum absolute atomic E-state index is 5.96. The Morgan fingerprint density at radius 3 is 2.94 bits per heavy atom. The zero-order valence-corrected chi connectivity index (χ0v) is 9.25. The summed E-state index contributed by atoms with van der Waals surface area (Å²) in [7, 11) is 1.53. The zero-order chi connectivity index (χ0) is 11.9. The molecule has 0 atom stereocenters. The minimum Gasteiger partial charge on any atom is -0.481 e. The average molecular weight is 233 g/mol. The summed E-state index contributed by atoms with van der Waals surface area (Å²) in [5.74, 6) is 1.32. The number of methoxy groups -OCH3 is 1. The normalized spacial score (nSPS) is 16.8. The van der Waals surface area contributed by atoms with Gasteiger partial charge in [0.15, 0.2) is 0 Å². The van der Waals surface area contributed by atoms with Crippen molar-refractivity contribution in [2.24, 2.45) is 5.73 Å². The lowest BCUT2D eigenvalue weighted by molar-refractivity contribution is 0.348. The van der Waals surface area contributed by atoms with Gasteiger partial charge in [0.2, 0.25) is 17.6 Å². The maximum Gasteiger partial charge on any atom is 0.247 e. The molecule has 1 saturated carbocycles. The molecule has 7 nitrogen and oxygen atoms in total. The summed E-state index contributed by atoms with van der Waals surface area (Å²) in [6.45, 7) is 0. The molecule has 0 aliphatic heterocycles. The fourth-order valence-electron chi connectivity index (χ4n) is 1.45. The molecule has 88 valence electrons. The Labute approximate surface area is 97.0 Å². The summed E-state index contributed by atoms with van der Waals surface area (Å²) >= 11 is 0. The van der Waals surface area contributed by atoms with Gasteiger partial charge in [-0.1, -0.05) is 5.16 Å². The molecule has 1 fully saturated rings. The van der Waals surface area contributed by atoms with E-state index in [-0.39, 0.29) is 0 Å². The Bertz CT molecular complexity index is 549. The van der Waals surface area contributed by atoms with Crippen LogP contribution in [0.15, 0.2) is 16.9 Å². The fraction of sp³-hybridized carbons (Fsp3) is 0.400. The number of hydrogen-bond acceptors (Lipinski definition) is 7. The van der Waals surface area contributed by atoms with Gasteiger partial charge < -0.3 is 15.0 Å². The number of nitrogens with zero attached hydrogens (tertiary/aromatic N) is 4. The lowest BCUT2D eigenvalue weighted by Gasteiger charge is -1.99. The van der Waals surface area contributed by atoms with Gasteiger partial charge in [-0.2, -0.15) is 4.98 Å². The van der Waals surface area contributed by atoms with Crippen molar-refractivity contribution in [2.45, 2.75) is 18.4 Å². The van der Waals surface area contributed by atoms with Crippen molar-refractivity contribution in [1.29, 1.82) is 0 Å². The fourth-order valence-corrected chi connectivity index (χ4v) is 1.45. The van der Waals surface area contributed by atoms with Gasteiger partial charge in [0, 0.05) is 6.07 Å². The number of ether oxygens (including phenoxy) is 1. The van der Waals surface area contributed by atoms with Gasteiger partial charge in [0.1, 0.15) is 12.0 Å². The van der Waals surface area contributed by atoms with Gasteiger partial charge in [0.25, 0.3) is 0 Å². The smallest absolute Gasteiger partial charge is 0.247 e. The first-order valence-corrected chi connectivity index (χ1v) is 5.21. The number of aromatic nitrogens is 4. The zero-order valence-electron chi connectivity index (χ0n) is 9.25. The van der Waals surface area contributed by atoms with Crippen LogP contribution in [0.25, 0.3) is 11.5 Å². The molecule has 0 saturated heterocycles. The molecule has 17 heavy (non-hydrogen) atoms. The van der Waals surface area contributed by atoms with E-state index in [4.69, 9.17) is 15.0 Å². The van der Waals surface area contributed by atoms with E-state index in [1.807, 2.05) is 0 Å². The molecule has 2 aromatic rings. The molecular weight excluding hydrogens is 222 g/mol. The van der Waals surface area contributed by atoms with E-state index in [2.05, 4.69) is 20.1 Å². The van der Waals surface area contributed by atoms with Gasteiger partial charge in [-0.05, 0) is 12.8 Å². The Kier molecular flexibility index (Phi) is 2.08. The van der Waals surface area contributed by atoms with Crippen LogP contribution >= 0.6 is 0 Å². The minimum atomic E-state index is -0.428. The topological polar surface area (TPSA) is 100.0 Å². The van der Waals surface area contributed by atoms with Crippen LogP contribution < -0.4 is 10.5 Å². The van der Waals surface area contributed by atoms with Crippen LogP contribution in [0.3, 0.4) is 0 Å². The average Bonchev–Trinajstić information content (AvgIpc) is 2.94. The molecule has 0 radical (unpaired) electrons. The highest BCUT2D eigenvalue weighted by molar-refractivity contribution is 5.49. The van der Waals surface area contributed by atoms with E-state index in [0.29, 0.717) is 23.3 Å². The summed E-state index contributed by atoms with van der Waals surface area (Å²) in [5, 5.41) is 3.86. The lowest BCUT2D eigenvalue weighted by atomic mass is 10.3. The first-order chi connectivity index (χ1) is 8.21. The Morgan fingerprint density at radius 1 is 1.41 bits per heavy atom. The molecule has 3 rings (SSSR count). The van der Waals surface area contributed by atoms with Crippen LogP contribution in [0.5, 0.6) is 5.88 Å². The third kappa shape index (κ3) is 1.74. The van der Waals surface area contributed by atoms with Crippen molar-refractivity contribution in [3.8, 4) is 17.4 Å². The van der Waals surface area contributed by atoms with Crippen LogP contribution in [-0.4, -0.2) is 27.2 Å². The molecule has 0 aromatic carbocycles. The SMILES string of the molecule is COc1cc(-c2noc(C3(N)CC3)n2)ncn1. The van der Waals surface area contributed by atoms with Crippen molar-refractivity contribution < 1.29 is 9.26 Å². The summed E-state index contributed by atoms with van der Waals surface area (Å²) < 4.78 is 10.1. The molecule has 0 spiro atoms. The van der Waals surface area contributed by atoms with Crippen molar-refractivity contribution >= 4 is 0 Å². The predicted molar refractivity (Wildman–Crippen MR) is 57.0 cm³/mol. The second kappa shape index (κ2) is 3.49. The van der Waals surface area contributed by atoms with Gasteiger partial charge in [-0.25, -0.2) is 9.97 Å². The summed E-state index contributed by atoms with van der Waals surface area (Å²) in [6, 6.07) is 1.64. The first kappa shape index (κ1) is 10.2. The van der Waals surface area contributed by atoms with E-state index in [9.17, 15) is 0 Å². The molecule has 7 heteroatoms. The maximum atomic E-state index is 5.96. The monoisotopic (exact) mass is 233 g/mol. The van der Waals surface area contributed by atoms with E-state index in [1.165, 1.54) is 13.4 Å². The van der Waals surface area contributed by atoms with Gasteiger partial charge >= 0.3 is 0 Å². The Morgan fingerprint density at radius 2 is 2.24 bits per heavy atom. The standard InChI is InChI=1S/C10H11N5O2/c1-16-7-4-6(12-5-13-7)8-14-9(17-15-8)10(11)2-3-10/h4-5H,2-3,11H2,1H3. The summed E-state index contributed by atoms with van der Waals surface area (Å²) in [6.07, 6.45) is 3.14. The lowest BCUT2D eigenvalue weighted by Crippen LogP contribution is -2.18. The number of hydrogen-bond donors (Lipinski definition) is 1. The van der Waals surface area contributed by atoms with Crippen molar-refractivity contribution in [2.75, 3.05) is 7.11 Å². The highest BCUT2D eigenvalue weighted by atomic mass is 16.5. The third-order valence-corrected chi connectivity index (χ3v) is 2.72. The summed E-state index contributed by atoms with van der Waals surface area (Å²) in [5.41, 5.74) is 6.09. The molecule has 1 aliphatic carbocycles. The predicted octanol–water partition coefficient (Wildman–Crippen LogP) is 0.483. The van der Waals surface area contributed by atoms with Crippen LogP contribution in [-0.2, 0) is 5.54 Å². The number of rotatable bonds is 3. The summed E-state index contributed by atoms with van der Waals surface area (Å²) in [4.78, 5) is 12.2. The molecule has 2 heterocycles. The molecule has 0 unspecified atom stereocenters.